The summed E-state index contributed by atoms with van der Waals surface area (Å²) in [5.74, 6) is -0.252. The Hall–Kier alpha value is -3.69. The Morgan fingerprint density at radius 1 is 1.19 bits per heavy atom. The molecule has 1 aliphatic rings. The first-order valence-electron chi connectivity index (χ1n) is 9.59. The van der Waals surface area contributed by atoms with E-state index in [-0.39, 0.29) is 23.3 Å². The van der Waals surface area contributed by atoms with Crippen LogP contribution in [0.1, 0.15) is 24.8 Å². The first kappa shape index (κ1) is 20.6. The minimum Gasteiger partial charge on any atom is -0.497 e. The fourth-order valence-corrected chi connectivity index (χ4v) is 3.51. The van der Waals surface area contributed by atoms with Gasteiger partial charge in [0.25, 0.3) is 0 Å². The summed E-state index contributed by atoms with van der Waals surface area (Å²) >= 11 is 0. The highest BCUT2D eigenvalue weighted by Crippen LogP contribution is 2.34. The van der Waals surface area contributed by atoms with E-state index in [0.717, 1.165) is 18.6 Å². The largest absolute Gasteiger partial charge is 0.497 e. The van der Waals surface area contributed by atoms with E-state index in [1.54, 1.807) is 23.1 Å². The van der Waals surface area contributed by atoms with Crippen LogP contribution >= 0.6 is 0 Å². The van der Waals surface area contributed by atoms with Crippen LogP contribution in [0.2, 0.25) is 0 Å². The van der Waals surface area contributed by atoms with Crippen molar-refractivity contribution in [2.24, 2.45) is 0 Å². The number of nitrogens with zero attached hydrogens (tertiary/aromatic N) is 3. The number of carbonyl (C=O) groups excluding carboxylic acids is 1. The van der Waals surface area contributed by atoms with Gasteiger partial charge in [0, 0.05) is 18.7 Å². The minimum atomic E-state index is -0.792. The number of hydrogen-bond acceptors (Lipinski definition) is 6. The van der Waals surface area contributed by atoms with Gasteiger partial charge in [0.1, 0.15) is 29.2 Å². The summed E-state index contributed by atoms with van der Waals surface area (Å²) < 4.78 is 43.0. The molecule has 2 aromatic carbocycles. The molecule has 0 aliphatic carbocycles. The number of methoxy groups -OCH3 is 2. The molecule has 0 saturated carbocycles. The third-order valence-corrected chi connectivity index (χ3v) is 5.06. The number of anilines is 1. The highest BCUT2D eigenvalue weighted by molar-refractivity contribution is 5.91. The van der Waals surface area contributed by atoms with Gasteiger partial charge in [0.15, 0.2) is 0 Å². The summed E-state index contributed by atoms with van der Waals surface area (Å²) in [5.41, 5.74) is 0.506. The molecular weight excluding hydrogens is 410 g/mol. The van der Waals surface area contributed by atoms with E-state index >= 15 is 0 Å². The second-order valence-electron chi connectivity index (χ2n) is 6.93. The number of benzene rings is 2. The van der Waals surface area contributed by atoms with E-state index in [0.29, 0.717) is 30.2 Å². The normalized spacial score (nSPS) is 15.7. The molecule has 8 nitrogen and oxygen atoms in total. The van der Waals surface area contributed by atoms with E-state index in [1.807, 2.05) is 0 Å². The molecule has 0 bridgehead atoms. The number of aromatic nitrogens is 2. The van der Waals surface area contributed by atoms with Gasteiger partial charge in [-0.2, -0.15) is 4.98 Å². The monoisotopic (exact) mass is 430 g/mol. The standard InChI is InChI=1S/C21H20F2N4O4/c1-29-13-6-8-16(18(11-13)30-2)24-21(28)27-9-3-4-17(27)20-25-19(26-31-20)14-7-5-12(22)10-15(14)23/h5-8,10-11,17H,3-4,9H2,1-2H3,(H,24,28). The fourth-order valence-electron chi connectivity index (χ4n) is 3.51. The predicted octanol–water partition coefficient (Wildman–Crippen LogP) is 4.40. The molecule has 10 heteroatoms. The third kappa shape index (κ3) is 4.14. The molecule has 2 heterocycles. The molecule has 1 aliphatic heterocycles. The maximum absolute atomic E-state index is 14.0. The molecule has 0 radical (unpaired) electrons. The SMILES string of the molecule is COc1ccc(NC(=O)N2CCCC2c2nc(-c3ccc(F)cc3F)no2)c(OC)c1. The van der Waals surface area contributed by atoms with Crippen molar-refractivity contribution in [1.29, 1.82) is 0 Å². The number of ether oxygens (including phenoxy) is 2. The Bertz CT molecular complexity index is 1100. The third-order valence-electron chi connectivity index (χ3n) is 5.06. The van der Waals surface area contributed by atoms with Gasteiger partial charge in [0.2, 0.25) is 11.7 Å². The Morgan fingerprint density at radius 3 is 2.77 bits per heavy atom. The second-order valence-corrected chi connectivity index (χ2v) is 6.93. The fraction of sp³-hybridized carbons (Fsp3) is 0.286. The Morgan fingerprint density at radius 2 is 2.03 bits per heavy atom. The van der Waals surface area contributed by atoms with E-state index in [9.17, 15) is 13.6 Å². The number of halogens is 2. The van der Waals surface area contributed by atoms with Crippen molar-refractivity contribution in [3.05, 3.63) is 53.9 Å². The van der Waals surface area contributed by atoms with Gasteiger partial charge in [-0.05, 0) is 37.1 Å². The molecule has 3 aromatic rings. The van der Waals surface area contributed by atoms with Crippen LogP contribution in [-0.2, 0) is 0 Å². The molecule has 1 saturated heterocycles. The summed E-state index contributed by atoms with van der Waals surface area (Å²) in [6, 6.07) is 7.35. The zero-order chi connectivity index (χ0) is 22.0. The predicted molar refractivity (Wildman–Crippen MR) is 107 cm³/mol. The summed E-state index contributed by atoms with van der Waals surface area (Å²) in [6.45, 7) is 0.484. The van der Waals surface area contributed by atoms with Gasteiger partial charge in [-0.3, -0.25) is 0 Å². The molecule has 2 amide bonds. The summed E-state index contributed by atoms with van der Waals surface area (Å²) in [5, 5.41) is 6.63. The minimum absolute atomic E-state index is 0.00316. The molecule has 1 N–H and O–H groups in total. The number of carbonyl (C=O) groups is 1. The van der Waals surface area contributed by atoms with Gasteiger partial charge in [-0.15, -0.1) is 0 Å². The molecule has 1 unspecified atom stereocenters. The maximum Gasteiger partial charge on any atom is 0.322 e. The van der Waals surface area contributed by atoms with Crippen LogP contribution in [0.3, 0.4) is 0 Å². The average molecular weight is 430 g/mol. The number of amides is 2. The number of urea groups is 1. The molecule has 1 atom stereocenters. The Labute approximate surface area is 176 Å². The summed E-state index contributed by atoms with van der Waals surface area (Å²) in [7, 11) is 3.04. The first-order chi connectivity index (χ1) is 15.0. The molecule has 162 valence electrons. The number of hydrogen-bond donors (Lipinski definition) is 1. The first-order valence-corrected chi connectivity index (χ1v) is 9.59. The smallest absolute Gasteiger partial charge is 0.322 e. The van der Waals surface area contributed by atoms with Gasteiger partial charge < -0.3 is 24.2 Å². The lowest BCUT2D eigenvalue weighted by Crippen LogP contribution is -2.34. The van der Waals surface area contributed by atoms with Crippen LogP contribution in [0.5, 0.6) is 11.5 Å². The van der Waals surface area contributed by atoms with Gasteiger partial charge >= 0.3 is 6.03 Å². The van der Waals surface area contributed by atoms with Crippen molar-refractivity contribution in [2.75, 3.05) is 26.1 Å². The van der Waals surface area contributed by atoms with Crippen LogP contribution in [-0.4, -0.2) is 41.8 Å². The van der Waals surface area contributed by atoms with Crippen molar-refractivity contribution in [3.8, 4) is 22.9 Å². The molecule has 1 fully saturated rings. The number of rotatable bonds is 5. The number of nitrogens with one attached hydrogen (secondary N) is 1. The molecule has 0 spiro atoms. The van der Waals surface area contributed by atoms with Crippen molar-refractivity contribution in [1.82, 2.24) is 15.0 Å². The highest BCUT2D eigenvalue weighted by Gasteiger charge is 2.34. The van der Waals surface area contributed by atoms with Crippen LogP contribution in [0, 0.1) is 11.6 Å². The second kappa shape index (κ2) is 8.58. The van der Waals surface area contributed by atoms with E-state index in [2.05, 4.69) is 15.5 Å². The lowest BCUT2D eigenvalue weighted by Gasteiger charge is -2.23. The van der Waals surface area contributed by atoms with Crippen LogP contribution in [0.25, 0.3) is 11.4 Å². The maximum atomic E-state index is 14.0. The zero-order valence-corrected chi connectivity index (χ0v) is 16.9. The molecular formula is C21H20F2N4O4. The van der Waals surface area contributed by atoms with Crippen molar-refractivity contribution in [3.63, 3.8) is 0 Å². The summed E-state index contributed by atoms with van der Waals surface area (Å²) in [4.78, 5) is 18.7. The van der Waals surface area contributed by atoms with Crippen molar-refractivity contribution in [2.45, 2.75) is 18.9 Å². The van der Waals surface area contributed by atoms with Crippen molar-refractivity contribution < 1.29 is 27.6 Å². The van der Waals surface area contributed by atoms with Crippen LogP contribution < -0.4 is 14.8 Å². The van der Waals surface area contributed by atoms with Gasteiger partial charge in [-0.1, -0.05) is 5.16 Å². The van der Waals surface area contributed by atoms with Gasteiger partial charge in [-0.25, -0.2) is 13.6 Å². The molecule has 31 heavy (non-hydrogen) atoms. The zero-order valence-electron chi connectivity index (χ0n) is 16.9. The van der Waals surface area contributed by atoms with E-state index in [4.69, 9.17) is 14.0 Å². The average Bonchev–Trinajstić information content (AvgIpc) is 3.43. The highest BCUT2D eigenvalue weighted by atomic mass is 19.1. The van der Waals surface area contributed by atoms with Crippen molar-refractivity contribution >= 4 is 11.7 Å². The van der Waals surface area contributed by atoms with Gasteiger partial charge in [0.05, 0.1) is 25.5 Å². The van der Waals surface area contributed by atoms with E-state index in [1.165, 1.54) is 20.3 Å². The number of likely N-dealkylation sites (tertiary alicyclic amines) is 1. The molecule has 1 aromatic heterocycles. The van der Waals surface area contributed by atoms with Crippen LogP contribution in [0.15, 0.2) is 40.9 Å². The van der Waals surface area contributed by atoms with E-state index < -0.39 is 17.7 Å². The molecule has 4 rings (SSSR count). The quantitative estimate of drug-likeness (QED) is 0.645. The lowest BCUT2D eigenvalue weighted by molar-refractivity contribution is 0.193. The topological polar surface area (TPSA) is 89.7 Å². The van der Waals surface area contributed by atoms with Crippen LogP contribution in [0.4, 0.5) is 19.3 Å². The Balaban J connectivity index is 1.53. The summed E-state index contributed by atoms with van der Waals surface area (Å²) in [6.07, 6.45) is 1.35. The lowest BCUT2D eigenvalue weighted by atomic mass is 10.2. The Kier molecular flexibility index (Phi) is 5.70.